The number of benzene rings is 3. The SMILES string of the molecule is O=C(CN1CN(c2ccccc2)C2(CCN(C(=O)c3ccc4[nH]ncc4c3)CC2)C1=O)N[C@@H]1CNC[C@H]1c1ccccc1. The molecule has 7 rings (SSSR count). The fraction of sp³-hybridized carbons (Fsp3) is 0.333. The number of nitrogens with one attached hydrogen (secondary N) is 3. The van der Waals surface area contributed by atoms with Crippen LogP contribution in [0.1, 0.15) is 34.7 Å². The van der Waals surface area contributed by atoms with E-state index >= 15 is 0 Å². The summed E-state index contributed by atoms with van der Waals surface area (Å²) in [6, 6.07) is 25.6. The van der Waals surface area contributed by atoms with Crippen LogP contribution in [0.3, 0.4) is 0 Å². The fourth-order valence-corrected chi connectivity index (χ4v) is 6.97. The number of anilines is 1. The summed E-state index contributed by atoms with van der Waals surface area (Å²) >= 11 is 0. The number of carbonyl (C=O) groups is 3. The summed E-state index contributed by atoms with van der Waals surface area (Å²) in [7, 11) is 0. The molecule has 1 aromatic heterocycles. The maximum Gasteiger partial charge on any atom is 0.253 e. The van der Waals surface area contributed by atoms with Gasteiger partial charge in [-0.1, -0.05) is 48.5 Å². The van der Waals surface area contributed by atoms with Crippen LogP contribution in [0.4, 0.5) is 5.69 Å². The number of carbonyl (C=O) groups excluding carboxylic acids is 3. The first-order chi connectivity index (χ1) is 21.0. The van der Waals surface area contributed by atoms with Gasteiger partial charge in [0.2, 0.25) is 5.91 Å². The van der Waals surface area contributed by atoms with Crippen molar-refractivity contribution in [1.29, 1.82) is 0 Å². The average molecular weight is 578 g/mol. The van der Waals surface area contributed by atoms with Crippen LogP contribution in [0.25, 0.3) is 10.9 Å². The molecule has 10 heteroatoms. The predicted octanol–water partition coefficient (Wildman–Crippen LogP) is 2.72. The Kier molecular flexibility index (Phi) is 7.06. The molecular weight excluding hydrogens is 542 g/mol. The molecule has 43 heavy (non-hydrogen) atoms. The number of hydrogen-bond acceptors (Lipinski definition) is 6. The van der Waals surface area contributed by atoms with Gasteiger partial charge in [-0.05, 0) is 48.7 Å². The Morgan fingerprint density at radius 1 is 0.953 bits per heavy atom. The highest BCUT2D eigenvalue weighted by molar-refractivity contribution is 5.99. The lowest BCUT2D eigenvalue weighted by molar-refractivity contribution is -0.137. The highest BCUT2D eigenvalue weighted by Crippen LogP contribution is 2.39. The van der Waals surface area contributed by atoms with Gasteiger partial charge >= 0.3 is 0 Å². The van der Waals surface area contributed by atoms with Crippen LogP contribution in [-0.2, 0) is 9.59 Å². The second kappa shape index (κ2) is 11.2. The van der Waals surface area contributed by atoms with Crippen molar-refractivity contribution in [3.8, 4) is 0 Å². The molecule has 10 nitrogen and oxygen atoms in total. The molecule has 0 bridgehead atoms. The summed E-state index contributed by atoms with van der Waals surface area (Å²) in [5.74, 6) is -0.0791. The summed E-state index contributed by atoms with van der Waals surface area (Å²) in [6.45, 7) is 2.71. The van der Waals surface area contributed by atoms with Gasteiger partial charge in [-0.15, -0.1) is 0 Å². The van der Waals surface area contributed by atoms with Crippen LogP contribution in [0.5, 0.6) is 0 Å². The van der Waals surface area contributed by atoms with Crippen LogP contribution in [-0.4, -0.2) is 88.7 Å². The Balaban J connectivity index is 1.06. The van der Waals surface area contributed by atoms with Crippen molar-refractivity contribution >= 4 is 34.3 Å². The predicted molar refractivity (Wildman–Crippen MR) is 163 cm³/mol. The van der Waals surface area contributed by atoms with Gasteiger partial charge in [0, 0.05) is 54.8 Å². The molecule has 3 N–H and O–H groups in total. The van der Waals surface area contributed by atoms with Crippen molar-refractivity contribution in [3.63, 3.8) is 0 Å². The normalized spacial score (nSPS) is 21.6. The number of hydrogen-bond donors (Lipinski definition) is 3. The Labute approximate surface area is 250 Å². The number of amides is 3. The molecule has 4 heterocycles. The summed E-state index contributed by atoms with van der Waals surface area (Å²) in [5, 5.41) is 14.4. The first-order valence-corrected chi connectivity index (χ1v) is 14.9. The molecular formula is C33H35N7O3. The minimum Gasteiger partial charge on any atom is -0.350 e. The molecule has 1 spiro atoms. The first-order valence-electron chi connectivity index (χ1n) is 14.9. The van der Waals surface area contributed by atoms with E-state index in [1.807, 2.05) is 71.6 Å². The third-order valence-electron chi connectivity index (χ3n) is 9.27. The zero-order valence-corrected chi connectivity index (χ0v) is 23.9. The lowest BCUT2D eigenvalue weighted by atomic mass is 9.85. The largest absolute Gasteiger partial charge is 0.350 e. The van der Waals surface area contributed by atoms with Gasteiger partial charge in [0.1, 0.15) is 12.1 Å². The Hall–Kier alpha value is -4.70. The molecule has 3 fully saturated rings. The third kappa shape index (κ3) is 5.01. The summed E-state index contributed by atoms with van der Waals surface area (Å²) in [4.78, 5) is 46.6. The van der Waals surface area contributed by atoms with E-state index in [4.69, 9.17) is 0 Å². The molecule has 2 atom stereocenters. The van der Waals surface area contributed by atoms with E-state index < -0.39 is 5.54 Å². The summed E-state index contributed by atoms with van der Waals surface area (Å²) < 4.78 is 0. The fourth-order valence-electron chi connectivity index (χ4n) is 6.97. The maximum absolute atomic E-state index is 14.2. The van der Waals surface area contributed by atoms with Crippen molar-refractivity contribution in [2.75, 3.05) is 44.3 Å². The molecule has 3 saturated heterocycles. The maximum atomic E-state index is 14.2. The summed E-state index contributed by atoms with van der Waals surface area (Å²) in [5.41, 5.74) is 2.81. The monoisotopic (exact) mass is 577 g/mol. The van der Waals surface area contributed by atoms with Crippen molar-refractivity contribution < 1.29 is 14.4 Å². The van der Waals surface area contributed by atoms with Crippen molar-refractivity contribution in [3.05, 3.63) is 96.2 Å². The number of likely N-dealkylation sites (tertiary alicyclic amines) is 1. The van der Waals surface area contributed by atoms with Crippen molar-refractivity contribution in [1.82, 2.24) is 30.6 Å². The average Bonchev–Trinajstić information content (AvgIpc) is 3.77. The zero-order chi connectivity index (χ0) is 29.4. The third-order valence-corrected chi connectivity index (χ3v) is 9.27. The minimum atomic E-state index is -0.811. The van der Waals surface area contributed by atoms with Gasteiger partial charge in [0.05, 0.1) is 18.4 Å². The number of fused-ring (bicyclic) bond motifs is 1. The van der Waals surface area contributed by atoms with E-state index in [0.717, 1.165) is 23.1 Å². The second-order valence-corrected chi connectivity index (χ2v) is 11.8. The van der Waals surface area contributed by atoms with Gasteiger partial charge in [-0.2, -0.15) is 5.10 Å². The number of rotatable bonds is 6. The smallest absolute Gasteiger partial charge is 0.253 e. The molecule has 3 aliphatic rings. The number of para-hydroxylation sites is 1. The molecule has 0 aliphatic carbocycles. The number of H-pyrrole nitrogens is 1. The molecule has 0 saturated carbocycles. The highest BCUT2D eigenvalue weighted by atomic mass is 16.2. The highest BCUT2D eigenvalue weighted by Gasteiger charge is 2.54. The van der Waals surface area contributed by atoms with Crippen LogP contribution in [0, 0.1) is 0 Å². The topological polar surface area (TPSA) is 114 Å². The Morgan fingerprint density at radius 3 is 2.47 bits per heavy atom. The number of aromatic amines is 1. The van der Waals surface area contributed by atoms with Crippen molar-refractivity contribution in [2.24, 2.45) is 0 Å². The van der Waals surface area contributed by atoms with Crippen molar-refractivity contribution in [2.45, 2.75) is 30.3 Å². The van der Waals surface area contributed by atoms with E-state index in [1.165, 1.54) is 5.56 Å². The minimum absolute atomic E-state index is 0.00468. The van der Waals surface area contributed by atoms with E-state index in [9.17, 15) is 14.4 Å². The van der Waals surface area contributed by atoms with Gasteiger partial charge in [-0.25, -0.2) is 0 Å². The van der Waals surface area contributed by atoms with E-state index in [1.54, 1.807) is 11.1 Å². The number of aromatic nitrogens is 2. The van der Waals surface area contributed by atoms with Crippen LogP contribution >= 0.6 is 0 Å². The van der Waals surface area contributed by atoms with Gasteiger partial charge in [-0.3, -0.25) is 19.5 Å². The number of nitrogens with zero attached hydrogens (tertiary/aromatic N) is 4. The van der Waals surface area contributed by atoms with E-state index in [2.05, 4.69) is 37.9 Å². The quantitative estimate of drug-likeness (QED) is 0.325. The zero-order valence-electron chi connectivity index (χ0n) is 23.9. The second-order valence-electron chi connectivity index (χ2n) is 11.8. The van der Waals surface area contributed by atoms with Crippen LogP contribution in [0.15, 0.2) is 85.1 Å². The Morgan fingerprint density at radius 2 is 1.70 bits per heavy atom. The number of piperidine rings is 1. The summed E-state index contributed by atoms with van der Waals surface area (Å²) in [6.07, 6.45) is 2.68. The lowest BCUT2D eigenvalue weighted by Gasteiger charge is -2.43. The van der Waals surface area contributed by atoms with Gasteiger partial charge in [0.25, 0.3) is 11.8 Å². The molecule has 3 aromatic carbocycles. The molecule has 220 valence electrons. The van der Waals surface area contributed by atoms with Gasteiger partial charge < -0.3 is 25.3 Å². The Bertz CT molecular complexity index is 1630. The molecule has 3 amide bonds. The molecule has 0 unspecified atom stereocenters. The first kappa shape index (κ1) is 27.2. The van der Waals surface area contributed by atoms with E-state index in [0.29, 0.717) is 44.7 Å². The molecule has 4 aromatic rings. The molecule has 3 aliphatic heterocycles. The van der Waals surface area contributed by atoms with Crippen LogP contribution in [0.2, 0.25) is 0 Å². The standard InChI is InChI=1S/C33H35N7O3/c41-30(36-29-20-34-19-27(29)23-7-3-1-4-8-23)21-39-22-40(26-9-5-2-6-10-26)33(32(39)43)13-15-38(16-14-33)31(42)24-11-12-28-25(17-24)18-35-37-28/h1-12,17-18,27,29,34H,13-16,19-22H2,(H,35,37)(H,36,41)/t27-,29+/m0/s1. The van der Waals surface area contributed by atoms with Crippen LogP contribution < -0.4 is 15.5 Å². The molecule has 0 radical (unpaired) electrons. The van der Waals surface area contributed by atoms with E-state index in [-0.39, 0.29) is 36.2 Å². The lowest BCUT2D eigenvalue weighted by Crippen LogP contribution is -2.57. The van der Waals surface area contributed by atoms with Gasteiger partial charge in [0.15, 0.2) is 0 Å².